The number of aliphatic carboxylic acids is 3. The molecule has 0 bridgehead atoms. The van der Waals surface area contributed by atoms with E-state index in [0.29, 0.717) is 128 Å². The van der Waals surface area contributed by atoms with E-state index in [1.807, 2.05) is 84.9 Å². The minimum absolute atomic E-state index is 0.0916. The van der Waals surface area contributed by atoms with Crippen molar-refractivity contribution in [1.29, 1.82) is 0 Å². The monoisotopic (exact) mass is 2010 g/mol. The molecule has 14 amide bonds. The molecule has 0 radical (unpaired) electrons. The van der Waals surface area contributed by atoms with Gasteiger partial charge in [0.25, 0.3) is 0 Å². The number of carbonyl (C=O) groups is 19. The first-order chi connectivity index (χ1) is 66.3. The number of fused-ring (bicyclic) bond motifs is 1. The van der Waals surface area contributed by atoms with Gasteiger partial charge in [-0.25, -0.2) is 0 Å². The van der Waals surface area contributed by atoms with E-state index in [2.05, 4.69) is 73.3 Å². The van der Waals surface area contributed by atoms with E-state index < -0.39 is 190 Å². The van der Waals surface area contributed by atoms with Gasteiger partial charge in [-0.1, -0.05) is 106 Å². The zero-order valence-electron chi connectivity index (χ0n) is 80.5. The summed E-state index contributed by atoms with van der Waals surface area (Å²) in [7, 11) is 0. The number of nitrogens with one attached hydrogen (secondary N) is 8. The van der Waals surface area contributed by atoms with Gasteiger partial charge < -0.3 is 101 Å². The van der Waals surface area contributed by atoms with Gasteiger partial charge in [-0.05, 0) is 187 Å². The molecule has 3 fully saturated rings. The Balaban J connectivity index is 0.000000370. The highest BCUT2D eigenvalue weighted by molar-refractivity contribution is 6.28. The predicted octanol–water partition coefficient (Wildman–Crippen LogP) is 3.85. The first-order valence-corrected chi connectivity index (χ1v) is 48.9. The van der Waals surface area contributed by atoms with E-state index >= 15 is 0 Å². The molecule has 0 unspecified atom stereocenters. The number of rotatable bonds is 54. The van der Waals surface area contributed by atoms with Gasteiger partial charge >= 0.3 is 17.9 Å². The van der Waals surface area contributed by atoms with Gasteiger partial charge in [0.1, 0.15) is 59.9 Å². The van der Waals surface area contributed by atoms with Crippen LogP contribution in [0.1, 0.15) is 230 Å². The van der Waals surface area contributed by atoms with Crippen LogP contribution in [0.15, 0.2) is 94.9 Å². The van der Waals surface area contributed by atoms with Gasteiger partial charge in [0.2, 0.25) is 82.7 Å². The van der Waals surface area contributed by atoms with Gasteiger partial charge in [0.15, 0.2) is 11.6 Å². The molecule has 3 aromatic carbocycles. The Morgan fingerprint density at radius 3 is 1.21 bits per heavy atom. The number of aliphatic imine (C=N–C) groups is 2. The maximum absolute atomic E-state index is 13.9. The van der Waals surface area contributed by atoms with E-state index in [9.17, 15) is 101 Å². The number of hydrogen-bond acceptors (Lipinski definition) is 21. The first-order valence-electron chi connectivity index (χ1n) is 47.3. The fourth-order valence-corrected chi connectivity index (χ4v) is 17.0. The topological polar surface area (TPSA) is 646 Å². The number of amides is 14. The Morgan fingerprint density at radius 1 is 0.421 bits per heavy atom. The van der Waals surface area contributed by atoms with Crippen LogP contribution in [0.3, 0.4) is 0 Å². The summed E-state index contributed by atoms with van der Waals surface area (Å²) < 4.78 is 0. The lowest BCUT2D eigenvalue weighted by Crippen LogP contribution is -2.59. The number of allylic oxidation sites excluding steroid dienone is 1. The second kappa shape index (κ2) is 61.2. The van der Waals surface area contributed by atoms with Crippen LogP contribution in [0.2, 0.25) is 0 Å². The van der Waals surface area contributed by atoms with Gasteiger partial charge in [0.05, 0.1) is 23.8 Å². The zero-order chi connectivity index (χ0) is 104. The maximum Gasteiger partial charge on any atom is 0.303 e. The summed E-state index contributed by atoms with van der Waals surface area (Å²) in [5.41, 5.74) is 33.5. The highest BCUT2D eigenvalue weighted by Crippen LogP contribution is 2.33. The molecule has 0 spiro atoms. The molecule has 3 aromatic rings. The normalized spacial score (nSPS) is 17.2. The average molecular weight is 2020 g/mol. The Labute approximate surface area is 830 Å². The van der Waals surface area contributed by atoms with Crippen molar-refractivity contribution in [3.8, 4) is 0 Å². The third-order valence-electron chi connectivity index (χ3n) is 24.2. The number of Topliss-reactive ketones (excluding diaryl/α,β-unsaturated/α-hetero) is 2. The summed E-state index contributed by atoms with van der Waals surface area (Å²) in [4.78, 5) is 253. The summed E-state index contributed by atoms with van der Waals surface area (Å²) in [6, 6.07) is 14.6. The van der Waals surface area contributed by atoms with Gasteiger partial charge in [-0.3, -0.25) is 101 Å². The lowest BCUT2D eigenvalue weighted by Gasteiger charge is -2.37. The number of carboxylic acid groups (broad SMARTS) is 3. The molecule has 0 saturated carbocycles. The maximum atomic E-state index is 13.9. The largest absolute Gasteiger partial charge is 0.481 e. The zero-order valence-corrected chi connectivity index (χ0v) is 82.8. The number of carboxylic acids is 3. The smallest absolute Gasteiger partial charge is 0.303 e. The van der Waals surface area contributed by atoms with Crippen molar-refractivity contribution in [2.75, 3.05) is 56.9 Å². The number of nitrogens with two attached hydrogens (primary N) is 5. The van der Waals surface area contributed by atoms with Crippen LogP contribution in [0.5, 0.6) is 0 Å². The van der Waals surface area contributed by atoms with Crippen molar-refractivity contribution >= 4 is 164 Å². The molecule has 3 saturated heterocycles. The van der Waals surface area contributed by atoms with E-state index in [1.165, 1.54) is 21.6 Å². The molecule has 4 aliphatic rings. The van der Waals surface area contributed by atoms with Crippen LogP contribution in [0.25, 0.3) is 5.57 Å². The molecule has 0 aromatic heterocycles. The number of hydrogen-bond donors (Lipinski definition) is 16. The summed E-state index contributed by atoms with van der Waals surface area (Å²) in [6.07, 6.45) is 7.91. The number of alkyl halides is 3. The third-order valence-corrected chi connectivity index (χ3v) is 24.9. The highest BCUT2D eigenvalue weighted by Gasteiger charge is 2.43. The number of benzene rings is 3. The molecule has 770 valence electrons. The van der Waals surface area contributed by atoms with E-state index in [4.69, 9.17) is 68.6 Å². The Bertz CT molecular complexity index is 4860. The number of likely N-dealkylation sites (tertiary alicyclic amines) is 3. The Kier molecular flexibility index (Phi) is 51.6. The second-order valence-electron chi connectivity index (χ2n) is 36.4. The van der Waals surface area contributed by atoms with Crippen LogP contribution in [-0.4, -0.2) is 271 Å². The van der Waals surface area contributed by atoms with Crippen molar-refractivity contribution in [2.24, 2.45) is 50.5 Å². The predicted molar refractivity (Wildman–Crippen MR) is 525 cm³/mol. The van der Waals surface area contributed by atoms with E-state index in [0.717, 1.165) is 33.4 Å². The molecular formula is C97H139Cl3N18O22. The third kappa shape index (κ3) is 42.3. The molecule has 3 heterocycles. The summed E-state index contributed by atoms with van der Waals surface area (Å²) >= 11 is 16.8. The quantitative estimate of drug-likeness (QED) is 0.0165. The Morgan fingerprint density at radius 2 is 0.814 bits per heavy atom. The lowest BCUT2D eigenvalue weighted by molar-refractivity contribution is -0.146. The number of amidine groups is 2. The summed E-state index contributed by atoms with van der Waals surface area (Å²) in [5, 5.41) is 48.9. The molecule has 3 aliphatic heterocycles. The Hall–Kier alpha value is -12.5. The molecule has 140 heavy (non-hydrogen) atoms. The summed E-state index contributed by atoms with van der Waals surface area (Å²) in [6.45, 7) is 12.7. The number of ketones is 2. The van der Waals surface area contributed by atoms with E-state index in [1.54, 1.807) is 13.8 Å². The molecular weight excluding hydrogens is 1880 g/mol. The van der Waals surface area contributed by atoms with Gasteiger partial charge in [-0.15, -0.1) is 34.8 Å². The van der Waals surface area contributed by atoms with Crippen LogP contribution in [0, 0.1) is 11.8 Å². The van der Waals surface area contributed by atoms with Gasteiger partial charge in [-0.2, -0.15) is 0 Å². The van der Waals surface area contributed by atoms with Crippen molar-refractivity contribution < 1.29 is 106 Å². The highest BCUT2D eigenvalue weighted by atomic mass is 35.5. The molecule has 1 aliphatic carbocycles. The van der Waals surface area contributed by atoms with Gasteiger partial charge in [0, 0.05) is 109 Å². The number of nitrogens with zero attached hydrogens (tertiary/aromatic N) is 5. The average Bonchev–Trinajstić information content (AvgIpc) is 1.39. The number of halogens is 3. The summed E-state index contributed by atoms with van der Waals surface area (Å²) in [5.74, 6) is -14.3. The fraction of sp³-hybridized carbons (Fsp3) is 0.577. The molecule has 7 rings (SSSR count). The number of primary amides is 3. The van der Waals surface area contributed by atoms with Crippen molar-refractivity contribution in [2.45, 2.75) is 287 Å². The van der Waals surface area contributed by atoms with Crippen molar-refractivity contribution in [3.05, 3.63) is 113 Å². The first kappa shape index (κ1) is 118. The van der Waals surface area contributed by atoms with Crippen LogP contribution in [-0.2, 0) is 116 Å². The molecule has 43 heteroatoms. The van der Waals surface area contributed by atoms with Crippen molar-refractivity contribution in [3.63, 3.8) is 0 Å². The second-order valence-corrected chi connectivity index (χ2v) is 37.2. The number of piperidine rings is 3. The molecule has 21 N–H and O–H groups in total. The van der Waals surface area contributed by atoms with E-state index in [-0.39, 0.29) is 120 Å². The minimum Gasteiger partial charge on any atom is -0.481 e. The molecule has 12 atom stereocenters. The lowest BCUT2D eigenvalue weighted by atomic mass is 9.86. The minimum atomic E-state index is -1.20. The standard InChI is InChI=1S/C34H51ClN6O7.C33H44ClN5O8.C30H44ClN7O7/c1-21(36)38-16-7-8-23(31(37)46)19-28(42)26(18-22-10-12-24(13-11-22)34(2,3)4)40-32(47)27-9-5-6-17-41(27)33(48)25(14-15-30(44)45)39-29(43)20-35;1-20(40)36-15-6-8-23(31(35)45)18-28(41)26(17-22-12-11-21-7-2-3-9-24(21)22)38-32(46)27-10-4-5-16-39(27)33(47)25(13-14-30(43)44)37-29(42)19-34;1-19(32)34-14-7-10-22(28(33)43)36-25(39)17-21(16-20-8-3-2-4-9-20)35-29(44)24-11-5-6-15-38(24)30(45)23(12-13-27(41)42)37-26(40)18-31/h10-13,23,25-27H,5-9,14-20H2,1-4H3,(H2,36,38)(H2,37,46)(H,39,43)(H,40,47)(H,44,45);2-3,7,9,12,23,25-27H,4-6,8,10-11,13-19H2,1H3,(H2,35,45)(H,36,40)(H,37,42)(H,38,46)(H,43,44);2-4,8-9,21-24H,5-7,10-18H2,1H3,(H2,32,34)(H2,33,43)(H,35,44)(H,36,39)(H,37,40)(H,41,42)/t2*23-,25+,26+,27+;21-,22-,23-,24-/m110/s1. The SMILES string of the molecule is CC(=O)NCCC[C@H](CC(=O)[C@H](CC1=CCc2ccccc21)NC(=O)[C@@H]1CCCCN1C(=O)[C@H](CCC(=O)O)NC(=O)CCl)C(N)=O.CC(N)=NCCC[C@H](CC(=O)[C@H](Cc1ccc(C(C)(C)C)cc1)NC(=O)[C@@H]1CCCCN1C(=O)[C@H](CCC(=O)O)NC(=O)CCl)C(N)=O.CC(N)=NCCC[C@H](NC(=O)C[C@H](Cc1ccccc1)NC(=O)[C@@H]1CCCCN1C(=O)[C@H](CCC(=O)O)NC(=O)CCl)C(N)=O. The fourth-order valence-electron chi connectivity index (χ4n) is 16.8. The van der Waals surface area contributed by atoms with Crippen LogP contribution < -0.4 is 71.2 Å². The van der Waals surface area contributed by atoms with Crippen LogP contribution >= 0.6 is 34.8 Å². The molecule has 40 nitrogen and oxygen atoms in total. The number of carbonyl (C=O) groups excluding carboxylic acids is 16. The van der Waals surface area contributed by atoms with Crippen LogP contribution in [0.4, 0.5) is 0 Å². The van der Waals surface area contributed by atoms with Crippen molar-refractivity contribution in [1.82, 2.24) is 57.2 Å².